The van der Waals surface area contributed by atoms with Crippen molar-refractivity contribution in [2.24, 2.45) is 52.3 Å². The van der Waals surface area contributed by atoms with Crippen molar-refractivity contribution >= 4 is 0 Å². The molecule has 0 nitrogen and oxygen atoms in total. The second-order valence-corrected chi connectivity index (χ2v) is 11.9. The van der Waals surface area contributed by atoms with Crippen LogP contribution in [0.5, 0.6) is 0 Å². The summed E-state index contributed by atoms with van der Waals surface area (Å²) in [5.74, 6) is 8.81. The summed E-state index contributed by atoms with van der Waals surface area (Å²) >= 11 is 0. The molecule has 0 heterocycles. The molecule has 0 spiro atoms. The molecule has 0 saturated heterocycles. The van der Waals surface area contributed by atoms with Crippen molar-refractivity contribution in [2.45, 2.75) is 91.9 Å². The van der Waals surface area contributed by atoms with Gasteiger partial charge < -0.3 is 0 Å². The topological polar surface area (TPSA) is 0 Å². The predicted molar refractivity (Wildman–Crippen MR) is 127 cm³/mol. The third kappa shape index (κ3) is 3.67. The molecule has 163 valence electrons. The number of hydrogen-bond acceptors (Lipinski definition) is 0. The van der Waals surface area contributed by atoms with Crippen molar-refractivity contribution < 1.29 is 0 Å². The van der Waals surface area contributed by atoms with Crippen LogP contribution in [0.3, 0.4) is 0 Å². The molecule has 0 aromatic rings. The molecule has 5 aliphatic rings. The van der Waals surface area contributed by atoms with Gasteiger partial charge in [0.15, 0.2) is 0 Å². The van der Waals surface area contributed by atoms with E-state index in [4.69, 9.17) is 13.0 Å². The summed E-state index contributed by atoms with van der Waals surface area (Å²) in [6.07, 6.45) is 23.9. The molecule has 8 unspecified atom stereocenters. The van der Waals surface area contributed by atoms with E-state index in [1.54, 1.807) is 11.6 Å². The van der Waals surface area contributed by atoms with Gasteiger partial charge in [0.25, 0.3) is 0 Å². The maximum Gasteiger partial charge on any atom is 0.0398 e. The molecule has 5 rings (SSSR count). The molecule has 4 saturated carbocycles. The molecule has 0 aromatic heterocycles. The maximum absolute atomic E-state index is 5.82. The number of terminal acetylenes is 1. The predicted octanol–water partition coefficient (Wildman–Crippen LogP) is 8.01. The zero-order valence-corrected chi connectivity index (χ0v) is 20.0. The van der Waals surface area contributed by atoms with E-state index in [1.165, 1.54) is 64.2 Å². The van der Waals surface area contributed by atoms with Crippen LogP contribution < -0.4 is 0 Å². The summed E-state index contributed by atoms with van der Waals surface area (Å²) in [5.41, 5.74) is 5.32. The Bertz CT molecular complexity index is 751. The molecule has 0 aliphatic heterocycles. The van der Waals surface area contributed by atoms with Gasteiger partial charge in [-0.05, 0) is 104 Å². The van der Waals surface area contributed by atoms with Gasteiger partial charge >= 0.3 is 0 Å². The van der Waals surface area contributed by atoms with Crippen molar-refractivity contribution in [2.75, 3.05) is 0 Å². The molecule has 0 heteroatoms. The zero-order valence-electron chi connectivity index (χ0n) is 20.0. The lowest BCUT2D eigenvalue weighted by molar-refractivity contribution is -0.0937. The van der Waals surface area contributed by atoms with Crippen LogP contribution in [-0.2, 0) is 0 Å². The monoisotopic (exact) mass is 403 g/mol. The Balaban J connectivity index is 0.000000667. The molecule has 4 fully saturated rings. The minimum Gasteiger partial charge on any atom is -0.120 e. The van der Waals surface area contributed by atoms with Crippen molar-refractivity contribution in [3.63, 3.8) is 0 Å². The molecule has 5 aliphatic carbocycles. The Hall–Kier alpha value is -1.18. The van der Waals surface area contributed by atoms with Gasteiger partial charge in [0.1, 0.15) is 0 Å². The number of allylic oxidation sites excluding steroid dienone is 2. The number of fused-ring (bicyclic) bond motifs is 5. The summed E-state index contributed by atoms with van der Waals surface area (Å²) in [6, 6.07) is 0. The van der Waals surface area contributed by atoms with Gasteiger partial charge in [-0.1, -0.05) is 52.7 Å². The first-order valence-corrected chi connectivity index (χ1v) is 12.8. The highest BCUT2D eigenvalue weighted by Gasteiger charge is 2.61. The second-order valence-electron chi connectivity index (χ2n) is 11.9. The van der Waals surface area contributed by atoms with Gasteiger partial charge in [0, 0.05) is 12.0 Å². The quantitative estimate of drug-likeness (QED) is 0.254. The molecule has 0 amide bonds. The zero-order chi connectivity index (χ0) is 21.5. The largest absolute Gasteiger partial charge is 0.120 e. The van der Waals surface area contributed by atoms with E-state index in [2.05, 4.69) is 45.4 Å². The van der Waals surface area contributed by atoms with Crippen molar-refractivity contribution in [1.82, 2.24) is 0 Å². The lowest BCUT2D eigenvalue weighted by Crippen LogP contribution is -2.54. The summed E-state index contributed by atoms with van der Waals surface area (Å²) in [6.45, 7) is 14.9. The first-order chi connectivity index (χ1) is 14.3. The average Bonchev–Trinajstić information content (AvgIpc) is 3.56. The fourth-order valence-corrected chi connectivity index (χ4v) is 8.91. The molecule has 0 N–H and O–H groups in total. The molecule has 0 bridgehead atoms. The first kappa shape index (κ1) is 22.0. The molecular weight excluding hydrogens is 360 g/mol. The van der Waals surface area contributed by atoms with Crippen LogP contribution in [0.1, 0.15) is 91.9 Å². The maximum atomic E-state index is 5.82. The van der Waals surface area contributed by atoms with Gasteiger partial charge in [0.05, 0.1) is 0 Å². The van der Waals surface area contributed by atoms with Gasteiger partial charge in [-0.3, -0.25) is 0 Å². The fourth-order valence-electron chi connectivity index (χ4n) is 8.91. The highest BCUT2D eigenvalue weighted by molar-refractivity contribution is 5.22. The van der Waals surface area contributed by atoms with Crippen molar-refractivity contribution in [3.8, 4) is 12.3 Å². The van der Waals surface area contributed by atoms with Crippen LogP contribution in [0, 0.1) is 70.7 Å². The third-order valence-electron chi connectivity index (χ3n) is 10.5. The van der Waals surface area contributed by atoms with Crippen molar-refractivity contribution in [3.05, 3.63) is 30.0 Å². The normalized spacial score (nSPS) is 46.6. The molecule has 30 heavy (non-hydrogen) atoms. The molecule has 1 radical (unpaired) electrons. The van der Waals surface area contributed by atoms with Crippen molar-refractivity contribution in [1.29, 1.82) is 0 Å². The standard InChI is InChI=1S/C27H42.C3H/c1-7-9-18(3)22-10-11-23-25-19(4)16-21-17-20(8-2)12-14-26(21,5)24(25)13-15-27(22,23)6;1-2-3-1/h2,18,20-25H,4,7,9-17H2,1,3,5-6H3;1H/t18?,20?,21?,22?,23-,24?,25?,26?,27?;/m0./s1. The van der Waals surface area contributed by atoms with Crippen LogP contribution in [0.25, 0.3) is 0 Å². The highest BCUT2D eigenvalue weighted by atomic mass is 14.7. The molecule has 9 atom stereocenters. The number of rotatable bonds is 3. The minimum absolute atomic E-state index is 0.520. The van der Waals surface area contributed by atoms with E-state index in [0.717, 1.165) is 35.5 Å². The summed E-state index contributed by atoms with van der Waals surface area (Å²) in [5, 5.41) is 0. The van der Waals surface area contributed by atoms with E-state index in [0.29, 0.717) is 16.7 Å². The third-order valence-corrected chi connectivity index (χ3v) is 10.5. The Morgan fingerprint density at radius 1 is 1.17 bits per heavy atom. The van der Waals surface area contributed by atoms with E-state index in [9.17, 15) is 0 Å². The average molecular weight is 404 g/mol. The molecule has 0 aromatic carbocycles. The van der Waals surface area contributed by atoms with Gasteiger partial charge in [-0.2, -0.15) is 0 Å². The van der Waals surface area contributed by atoms with Crippen LogP contribution in [-0.4, -0.2) is 0 Å². The lowest BCUT2D eigenvalue weighted by Gasteiger charge is -2.62. The van der Waals surface area contributed by atoms with Gasteiger partial charge in [0.2, 0.25) is 0 Å². The fraction of sp³-hybridized carbons (Fsp3) is 0.767. The first-order valence-electron chi connectivity index (χ1n) is 12.8. The van der Waals surface area contributed by atoms with Crippen LogP contribution >= 0.6 is 0 Å². The number of hydrogen-bond donors (Lipinski definition) is 0. The second kappa shape index (κ2) is 8.40. The summed E-state index contributed by atoms with van der Waals surface area (Å²) < 4.78 is 0. The molecular formula is C30H43. The van der Waals surface area contributed by atoms with E-state index in [1.807, 2.05) is 0 Å². The van der Waals surface area contributed by atoms with Gasteiger partial charge in [-0.25, -0.2) is 0 Å². The Morgan fingerprint density at radius 2 is 1.83 bits per heavy atom. The smallest absolute Gasteiger partial charge is 0.0398 e. The van der Waals surface area contributed by atoms with Gasteiger partial charge in [-0.15, -0.1) is 18.1 Å². The summed E-state index contributed by atoms with van der Waals surface area (Å²) in [4.78, 5) is 0. The van der Waals surface area contributed by atoms with Crippen LogP contribution in [0.2, 0.25) is 0 Å². The van der Waals surface area contributed by atoms with Crippen LogP contribution in [0.4, 0.5) is 0 Å². The summed E-state index contributed by atoms with van der Waals surface area (Å²) in [7, 11) is 0. The lowest BCUT2D eigenvalue weighted by atomic mass is 9.43. The van der Waals surface area contributed by atoms with E-state index >= 15 is 0 Å². The Labute approximate surface area is 186 Å². The Kier molecular flexibility index (Phi) is 6.17. The van der Waals surface area contributed by atoms with E-state index in [-0.39, 0.29) is 0 Å². The Morgan fingerprint density at radius 3 is 2.47 bits per heavy atom. The highest BCUT2D eigenvalue weighted by Crippen LogP contribution is 2.69. The SMILES string of the molecule is C#CC1CCC2(C)C(CC(=C)C3C2CCC2(C)C(C(C)CCC)CC[C@@H]32)C1.[C]1=C=C1. The minimum atomic E-state index is 0.520. The van der Waals surface area contributed by atoms with Crippen LogP contribution in [0.15, 0.2) is 24.0 Å². The van der Waals surface area contributed by atoms with E-state index < -0.39 is 0 Å².